The third kappa shape index (κ3) is 2.56. The van der Waals surface area contributed by atoms with Gasteiger partial charge in [-0.3, -0.25) is 8.78 Å². The smallest absolute Gasteiger partial charge is 0.0976 e. The molecule has 0 aromatic heterocycles. The molecule has 0 aromatic carbocycles. The lowest BCUT2D eigenvalue weighted by Gasteiger charge is -2.32. The molecular formula is C7H14ClF2N. The predicted molar refractivity (Wildman–Crippen MR) is 43.7 cm³/mol. The maximum atomic E-state index is 12.3. The van der Waals surface area contributed by atoms with Crippen LogP contribution in [0.1, 0.15) is 12.8 Å². The fourth-order valence-corrected chi connectivity index (χ4v) is 1.26. The van der Waals surface area contributed by atoms with Crippen molar-refractivity contribution in [2.45, 2.75) is 12.8 Å². The monoisotopic (exact) mass is 185 g/mol. The minimum Gasteiger partial charge on any atom is -0.317 e. The van der Waals surface area contributed by atoms with Crippen molar-refractivity contribution in [3.63, 3.8) is 0 Å². The van der Waals surface area contributed by atoms with Crippen LogP contribution >= 0.6 is 12.4 Å². The van der Waals surface area contributed by atoms with Crippen LogP contribution in [0.4, 0.5) is 8.78 Å². The summed E-state index contributed by atoms with van der Waals surface area (Å²) in [7, 11) is 0. The fourth-order valence-electron chi connectivity index (χ4n) is 1.26. The van der Waals surface area contributed by atoms with Crippen molar-refractivity contribution in [1.82, 2.24) is 5.32 Å². The molecule has 0 amide bonds. The van der Waals surface area contributed by atoms with Crippen LogP contribution in [0.15, 0.2) is 0 Å². The standard InChI is InChI=1S/C7H13F2N.ClH/c8-5-7(6-9)1-3-10-4-2-7;/h10H,1-6H2;1H. The molecule has 1 nitrogen and oxygen atoms in total. The molecule has 0 atom stereocenters. The Morgan fingerprint density at radius 2 is 1.55 bits per heavy atom. The third-order valence-electron chi connectivity index (χ3n) is 2.23. The van der Waals surface area contributed by atoms with Gasteiger partial charge in [-0.05, 0) is 25.9 Å². The van der Waals surface area contributed by atoms with E-state index in [1.807, 2.05) is 0 Å². The summed E-state index contributed by atoms with van der Waals surface area (Å²) in [6.45, 7) is 0.498. The molecule has 0 unspecified atom stereocenters. The van der Waals surface area contributed by atoms with Gasteiger partial charge in [0.15, 0.2) is 0 Å². The zero-order valence-corrected chi connectivity index (χ0v) is 7.22. The number of nitrogens with one attached hydrogen (secondary N) is 1. The van der Waals surface area contributed by atoms with Crippen molar-refractivity contribution in [2.24, 2.45) is 5.41 Å². The molecule has 0 aliphatic carbocycles. The lowest BCUT2D eigenvalue weighted by Crippen LogP contribution is -2.39. The Kier molecular flexibility index (Phi) is 4.93. The summed E-state index contributed by atoms with van der Waals surface area (Å²) in [5.41, 5.74) is -0.634. The Labute approximate surface area is 72.0 Å². The van der Waals surface area contributed by atoms with E-state index in [1.54, 1.807) is 0 Å². The molecule has 0 aromatic rings. The largest absolute Gasteiger partial charge is 0.317 e. The van der Waals surface area contributed by atoms with Crippen molar-refractivity contribution in [2.75, 3.05) is 26.4 Å². The summed E-state index contributed by atoms with van der Waals surface area (Å²) < 4.78 is 24.5. The van der Waals surface area contributed by atoms with Gasteiger partial charge in [-0.25, -0.2) is 0 Å². The van der Waals surface area contributed by atoms with Gasteiger partial charge >= 0.3 is 0 Å². The maximum absolute atomic E-state index is 12.3. The topological polar surface area (TPSA) is 12.0 Å². The molecule has 11 heavy (non-hydrogen) atoms. The number of halogens is 3. The van der Waals surface area contributed by atoms with Crippen LogP contribution in [0, 0.1) is 5.41 Å². The summed E-state index contributed by atoms with van der Waals surface area (Å²) in [5.74, 6) is 0. The number of hydrogen-bond donors (Lipinski definition) is 1. The van der Waals surface area contributed by atoms with Gasteiger partial charge < -0.3 is 5.32 Å². The van der Waals surface area contributed by atoms with Gasteiger partial charge in [0.1, 0.15) is 0 Å². The lowest BCUT2D eigenvalue weighted by molar-refractivity contribution is 0.108. The SMILES string of the molecule is Cl.FCC1(CF)CCNCC1. The van der Waals surface area contributed by atoms with E-state index >= 15 is 0 Å². The van der Waals surface area contributed by atoms with Crippen molar-refractivity contribution in [3.05, 3.63) is 0 Å². The summed E-state index contributed by atoms with van der Waals surface area (Å²) in [4.78, 5) is 0. The molecule has 1 N–H and O–H groups in total. The minimum atomic E-state index is -0.634. The molecule has 0 saturated carbocycles. The molecule has 1 aliphatic rings. The van der Waals surface area contributed by atoms with Crippen molar-refractivity contribution >= 4 is 12.4 Å². The normalized spacial score (nSPS) is 22.4. The van der Waals surface area contributed by atoms with Crippen LogP contribution in [0.2, 0.25) is 0 Å². The van der Waals surface area contributed by atoms with E-state index < -0.39 is 18.8 Å². The molecule has 1 fully saturated rings. The van der Waals surface area contributed by atoms with Gasteiger partial charge in [0, 0.05) is 5.41 Å². The highest BCUT2D eigenvalue weighted by Crippen LogP contribution is 2.29. The van der Waals surface area contributed by atoms with Crippen LogP contribution in [-0.4, -0.2) is 26.4 Å². The van der Waals surface area contributed by atoms with Crippen molar-refractivity contribution < 1.29 is 8.78 Å². The van der Waals surface area contributed by atoms with Crippen LogP contribution in [0.5, 0.6) is 0 Å². The van der Waals surface area contributed by atoms with Crippen LogP contribution in [0.3, 0.4) is 0 Å². The Morgan fingerprint density at radius 1 is 1.09 bits per heavy atom. The Hall–Kier alpha value is 0.110. The molecule has 1 rings (SSSR count). The predicted octanol–water partition coefficient (Wildman–Crippen LogP) is 1.72. The van der Waals surface area contributed by atoms with E-state index in [0.29, 0.717) is 12.8 Å². The average molecular weight is 186 g/mol. The van der Waals surface area contributed by atoms with E-state index in [0.717, 1.165) is 13.1 Å². The molecule has 0 radical (unpaired) electrons. The Bertz CT molecular complexity index is 98.6. The fraction of sp³-hybridized carbons (Fsp3) is 1.00. The third-order valence-corrected chi connectivity index (χ3v) is 2.23. The van der Waals surface area contributed by atoms with Gasteiger partial charge in [0.25, 0.3) is 0 Å². The quantitative estimate of drug-likeness (QED) is 0.691. The van der Waals surface area contributed by atoms with Crippen LogP contribution in [0.25, 0.3) is 0 Å². The molecular weight excluding hydrogens is 172 g/mol. The van der Waals surface area contributed by atoms with E-state index in [1.165, 1.54) is 0 Å². The van der Waals surface area contributed by atoms with Crippen LogP contribution in [-0.2, 0) is 0 Å². The second-order valence-corrected chi connectivity index (χ2v) is 3.02. The van der Waals surface area contributed by atoms with Gasteiger partial charge in [-0.2, -0.15) is 0 Å². The summed E-state index contributed by atoms with van der Waals surface area (Å²) in [5, 5.41) is 3.07. The van der Waals surface area contributed by atoms with Crippen LogP contribution < -0.4 is 5.32 Å². The van der Waals surface area contributed by atoms with E-state index in [4.69, 9.17) is 0 Å². The van der Waals surface area contributed by atoms with Gasteiger partial charge in [-0.15, -0.1) is 12.4 Å². The highest BCUT2D eigenvalue weighted by Gasteiger charge is 2.31. The van der Waals surface area contributed by atoms with E-state index in [2.05, 4.69) is 5.32 Å². The minimum absolute atomic E-state index is 0. The number of piperidine rings is 1. The van der Waals surface area contributed by atoms with Gasteiger partial charge in [0.05, 0.1) is 13.3 Å². The molecule has 4 heteroatoms. The van der Waals surface area contributed by atoms with E-state index in [-0.39, 0.29) is 12.4 Å². The first-order valence-corrected chi connectivity index (χ1v) is 3.66. The summed E-state index contributed by atoms with van der Waals surface area (Å²) >= 11 is 0. The first kappa shape index (κ1) is 11.1. The van der Waals surface area contributed by atoms with Crippen molar-refractivity contribution in [3.8, 4) is 0 Å². The Balaban J connectivity index is 0.000001000. The Morgan fingerprint density at radius 3 is 1.82 bits per heavy atom. The highest BCUT2D eigenvalue weighted by atomic mass is 35.5. The molecule has 1 saturated heterocycles. The van der Waals surface area contributed by atoms with Gasteiger partial charge in [-0.1, -0.05) is 0 Å². The molecule has 0 bridgehead atoms. The second kappa shape index (κ2) is 4.88. The van der Waals surface area contributed by atoms with E-state index in [9.17, 15) is 8.78 Å². The summed E-state index contributed by atoms with van der Waals surface area (Å²) in [6, 6.07) is 0. The average Bonchev–Trinajstić information content (AvgIpc) is 2.06. The molecule has 1 heterocycles. The first-order valence-electron chi connectivity index (χ1n) is 3.66. The number of alkyl halides is 2. The van der Waals surface area contributed by atoms with Gasteiger partial charge in [0.2, 0.25) is 0 Å². The summed E-state index contributed by atoms with van der Waals surface area (Å²) in [6.07, 6.45) is 1.28. The number of rotatable bonds is 2. The zero-order chi connectivity index (χ0) is 7.45. The molecule has 0 spiro atoms. The lowest BCUT2D eigenvalue weighted by atomic mass is 9.82. The number of hydrogen-bond acceptors (Lipinski definition) is 1. The van der Waals surface area contributed by atoms with Crippen molar-refractivity contribution in [1.29, 1.82) is 0 Å². The molecule has 1 aliphatic heterocycles. The highest BCUT2D eigenvalue weighted by molar-refractivity contribution is 5.85. The zero-order valence-electron chi connectivity index (χ0n) is 6.41. The molecule has 68 valence electrons. The maximum Gasteiger partial charge on any atom is 0.0976 e. The second-order valence-electron chi connectivity index (χ2n) is 3.02. The first-order chi connectivity index (χ1) is 4.83.